The molecule has 1 N–H and O–H groups in total. The minimum atomic E-state index is -3.72. The normalized spacial score (nSPS) is 15.9. The van der Waals surface area contributed by atoms with Crippen molar-refractivity contribution in [2.24, 2.45) is 0 Å². The van der Waals surface area contributed by atoms with Crippen molar-refractivity contribution in [2.45, 2.75) is 30.6 Å². The van der Waals surface area contributed by atoms with Crippen LogP contribution in [0, 0.1) is 5.82 Å². The van der Waals surface area contributed by atoms with Crippen LogP contribution in [0.2, 0.25) is 5.02 Å². The molecule has 1 aliphatic heterocycles. The number of sulfonamides is 1. The van der Waals surface area contributed by atoms with E-state index in [0.29, 0.717) is 13.1 Å². The van der Waals surface area contributed by atoms with E-state index in [-0.39, 0.29) is 21.2 Å². The second-order valence-corrected chi connectivity index (χ2v) is 8.74. The highest BCUT2D eigenvalue weighted by atomic mass is 35.5. The Morgan fingerprint density at radius 1 is 1.04 bits per heavy atom. The van der Waals surface area contributed by atoms with Gasteiger partial charge in [-0.1, -0.05) is 36.6 Å². The quantitative estimate of drug-likeness (QED) is 0.817. The van der Waals surface area contributed by atoms with Gasteiger partial charge >= 0.3 is 0 Å². The molecular weight excluding hydrogens is 391 g/mol. The summed E-state index contributed by atoms with van der Waals surface area (Å²) in [5.74, 6) is -1.26. The van der Waals surface area contributed by atoms with E-state index in [2.05, 4.69) is 5.32 Å². The van der Waals surface area contributed by atoms with Crippen molar-refractivity contribution in [2.75, 3.05) is 18.4 Å². The van der Waals surface area contributed by atoms with Gasteiger partial charge in [0.1, 0.15) is 5.82 Å². The number of hydrogen-bond acceptors (Lipinski definition) is 3. The van der Waals surface area contributed by atoms with Crippen LogP contribution in [-0.2, 0) is 10.0 Å². The van der Waals surface area contributed by atoms with E-state index in [1.165, 1.54) is 40.7 Å². The summed E-state index contributed by atoms with van der Waals surface area (Å²) < 4.78 is 41.1. The number of nitrogens with one attached hydrogen (secondary N) is 1. The number of benzene rings is 2. The van der Waals surface area contributed by atoms with Gasteiger partial charge in [-0.05, 0) is 43.2 Å². The lowest BCUT2D eigenvalue weighted by Gasteiger charge is -2.20. The molecule has 27 heavy (non-hydrogen) atoms. The maximum atomic E-state index is 13.8. The van der Waals surface area contributed by atoms with Crippen molar-refractivity contribution in [1.29, 1.82) is 0 Å². The molecule has 2 aromatic rings. The molecule has 0 atom stereocenters. The van der Waals surface area contributed by atoms with Crippen LogP contribution in [0.25, 0.3) is 0 Å². The Kier molecular flexibility index (Phi) is 6.14. The minimum absolute atomic E-state index is 0.000606. The number of amides is 1. The largest absolute Gasteiger partial charge is 0.319 e. The minimum Gasteiger partial charge on any atom is -0.319 e. The summed E-state index contributed by atoms with van der Waals surface area (Å²) >= 11 is 6.10. The molecule has 0 bridgehead atoms. The maximum absolute atomic E-state index is 13.8. The second-order valence-electron chi connectivity index (χ2n) is 6.39. The van der Waals surface area contributed by atoms with Crippen LogP contribution in [-0.4, -0.2) is 31.7 Å². The fraction of sp³-hybridized carbons (Fsp3) is 0.316. The lowest BCUT2D eigenvalue weighted by molar-refractivity contribution is 0.102. The molecule has 0 aliphatic carbocycles. The molecule has 2 aromatic carbocycles. The van der Waals surface area contributed by atoms with Gasteiger partial charge in [-0.3, -0.25) is 4.79 Å². The summed E-state index contributed by atoms with van der Waals surface area (Å²) in [6.07, 6.45) is 3.63. The van der Waals surface area contributed by atoms with Crippen molar-refractivity contribution in [3.05, 3.63) is 58.9 Å². The lowest BCUT2D eigenvalue weighted by atomic mass is 10.2. The van der Waals surface area contributed by atoms with Crippen molar-refractivity contribution in [3.8, 4) is 0 Å². The number of rotatable bonds is 4. The Bertz CT molecular complexity index is 942. The maximum Gasteiger partial charge on any atom is 0.257 e. The predicted molar refractivity (Wildman–Crippen MR) is 103 cm³/mol. The third-order valence-electron chi connectivity index (χ3n) is 4.51. The average molecular weight is 411 g/mol. The van der Waals surface area contributed by atoms with Gasteiger partial charge < -0.3 is 5.32 Å². The smallest absolute Gasteiger partial charge is 0.257 e. The number of carbonyl (C=O) groups is 1. The summed E-state index contributed by atoms with van der Waals surface area (Å²) in [5.41, 5.74) is -0.0184. The number of nitrogens with zero attached hydrogens (tertiary/aromatic N) is 1. The van der Waals surface area contributed by atoms with Crippen LogP contribution in [0.1, 0.15) is 36.0 Å². The third kappa shape index (κ3) is 4.48. The molecule has 0 spiro atoms. The summed E-state index contributed by atoms with van der Waals surface area (Å²) in [6, 6.07) is 9.74. The van der Waals surface area contributed by atoms with E-state index >= 15 is 0 Å². The average Bonchev–Trinajstić information content (AvgIpc) is 2.94. The Morgan fingerprint density at radius 3 is 2.37 bits per heavy atom. The van der Waals surface area contributed by atoms with Gasteiger partial charge in [0, 0.05) is 13.1 Å². The molecule has 3 rings (SSSR count). The zero-order chi connectivity index (χ0) is 19.4. The molecular formula is C19H20ClFN2O3S. The lowest BCUT2D eigenvalue weighted by Crippen LogP contribution is -2.32. The first-order chi connectivity index (χ1) is 12.9. The molecule has 144 valence electrons. The molecule has 1 fully saturated rings. The van der Waals surface area contributed by atoms with E-state index in [1.54, 1.807) is 6.07 Å². The van der Waals surface area contributed by atoms with Crippen molar-refractivity contribution in [3.63, 3.8) is 0 Å². The molecule has 0 radical (unpaired) electrons. The van der Waals surface area contributed by atoms with Gasteiger partial charge in [0.15, 0.2) is 0 Å². The van der Waals surface area contributed by atoms with E-state index in [1.807, 2.05) is 0 Å². The monoisotopic (exact) mass is 410 g/mol. The zero-order valence-electron chi connectivity index (χ0n) is 14.6. The first-order valence-electron chi connectivity index (χ1n) is 8.75. The second kappa shape index (κ2) is 8.37. The summed E-state index contributed by atoms with van der Waals surface area (Å²) in [5, 5.41) is 2.52. The van der Waals surface area contributed by atoms with Crippen molar-refractivity contribution in [1.82, 2.24) is 4.31 Å². The number of carbonyl (C=O) groups excluding carboxylic acids is 1. The Balaban J connectivity index is 1.89. The van der Waals surface area contributed by atoms with Gasteiger partial charge in [-0.2, -0.15) is 4.31 Å². The molecule has 1 saturated heterocycles. The topological polar surface area (TPSA) is 66.5 Å². The van der Waals surface area contributed by atoms with Gasteiger partial charge in [0.25, 0.3) is 5.91 Å². The molecule has 5 nitrogen and oxygen atoms in total. The molecule has 0 saturated carbocycles. The van der Waals surface area contributed by atoms with Crippen LogP contribution in [0.5, 0.6) is 0 Å². The zero-order valence-corrected chi connectivity index (χ0v) is 16.2. The fourth-order valence-electron chi connectivity index (χ4n) is 3.02. The van der Waals surface area contributed by atoms with Crippen LogP contribution < -0.4 is 5.32 Å². The fourth-order valence-corrected chi connectivity index (χ4v) is 4.77. The first-order valence-corrected chi connectivity index (χ1v) is 10.6. The van der Waals surface area contributed by atoms with Gasteiger partial charge in [0.05, 0.1) is 21.2 Å². The molecule has 0 aromatic heterocycles. The number of anilines is 1. The third-order valence-corrected chi connectivity index (χ3v) is 6.73. The van der Waals surface area contributed by atoms with Crippen LogP contribution in [0.3, 0.4) is 0 Å². The van der Waals surface area contributed by atoms with Crippen LogP contribution >= 0.6 is 11.6 Å². The number of hydrogen-bond donors (Lipinski definition) is 1. The predicted octanol–water partition coefficient (Wildman–Crippen LogP) is 4.30. The van der Waals surface area contributed by atoms with Crippen molar-refractivity contribution >= 4 is 33.2 Å². The Morgan fingerprint density at radius 2 is 1.70 bits per heavy atom. The standard InChI is InChI=1S/C19H20ClFN2O3S/c20-16-10-9-14(27(25,26)23-11-5-1-2-6-12-23)13-15(16)19(24)22-18-8-4-3-7-17(18)21/h3-4,7-10,13H,1-2,5-6,11-12H2,(H,22,24). The Hall–Kier alpha value is -1.96. The van der Waals surface area contributed by atoms with Crippen molar-refractivity contribution < 1.29 is 17.6 Å². The van der Waals surface area contributed by atoms with Gasteiger partial charge in [-0.15, -0.1) is 0 Å². The highest BCUT2D eigenvalue weighted by Gasteiger charge is 2.26. The van der Waals surface area contributed by atoms with Crippen LogP contribution in [0.4, 0.5) is 10.1 Å². The highest BCUT2D eigenvalue weighted by molar-refractivity contribution is 7.89. The molecule has 1 amide bonds. The Labute approximate surface area is 163 Å². The highest BCUT2D eigenvalue weighted by Crippen LogP contribution is 2.26. The van der Waals surface area contributed by atoms with E-state index in [9.17, 15) is 17.6 Å². The van der Waals surface area contributed by atoms with Gasteiger partial charge in [-0.25, -0.2) is 12.8 Å². The first kappa shape index (κ1) is 19.8. The molecule has 1 aliphatic rings. The van der Waals surface area contributed by atoms with Gasteiger partial charge in [0.2, 0.25) is 10.0 Å². The van der Waals surface area contributed by atoms with E-state index < -0.39 is 21.7 Å². The van der Waals surface area contributed by atoms with E-state index in [4.69, 9.17) is 11.6 Å². The summed E-state index contributed by atoms with van der Waals surface area (Å²) in [6.45, 7) is 0.920. The SMILES string of the molecule is O=C(Nc1ccccc1F)c1cc(S(=O)(=O)N2CCCCCC2)ccc1Cl. The summed E-state index contributed by atoms with van der Waals surface area (Å²) in [4.78, 5) is 12.5. The molecule has 8 heteroatoms. The van der Waals surface area contributed by atoms with Crippen LogP contribution in [0.15, 0.2) is 47.4 Å². The summed E-state index contributed by atoms with van der Waals surface area (Å²) in [7, 11) is -3.72. The number of para-hydroxylation sites is 1. The number of halogens is 2. The molecule has 1 heterocycles. The van der Waals surface area contributed by atoms with E-state index in [0.717, 1.165) is 25.7 Å². The molecule has 0 unspecified atom stereocenters.